The summed E-state index contributed by atoms with van der Waals surface area (Å²) < 4.78 is 6.55. The van der Waals surface area contributed by atoms with Crippen LogP contribution >= 0.6 is 0 Å². The first-order valence-electron chi connectivity index (χ1n) is 5.64. The molecule has 19 heavy (non-hydrogen) atoms. The van der Waals surface area contributed by atoms with Crippen LogP contribution in [0.15, 0.2) is 30.5 Å². The molecule has 0 aliphatic rings. The van der Waals surface area contributed by atoms with Gasteiger partial charge in [-0.15, -0.1) is 14.8 Å². The van der Waals surface area contributed by atoms with Crippen molar-refractivity contribution >= 4 is 11.5 Å². The normalized spacial score (nSPS) is 10.6. The molecular weight excluding hydrogens is 246 g/mol. The molecule has 0 unspecified atom stereocenters. The predicted molar refractivity (Wildman–Crippen MR) is 66.7 cm³/mol. The highest BCUT2D eigenvalue weighted by Crippen LogP contribution is 2.15. The second kappa shape index (κ2) is 4.84. The lowest BCUT2D eigenvalue weighted by atomic mass is 10.2. The Labute approximate surface area is 108 Å². The molecule has 0 fully saturated rings. The van der Waals surface area contributed by atoms with Crippen LogP contribution in [0.4, 0.5) is 5.82 Å². The fourth-order valence-electron chi connectivity index (χ4n) is 1.67. The molecule has 3 rings (SSSR count). The second-order valence-corrected chi connectivity index (χ2v) is 3.77. The summed E-state index contributed by atoms with van der Waals surface area (Å²) in [5.41, 5.74) is 1.55. The van der Waals surface area contributed by atoms with E-state index in [1.165, 1.54) is 4.63 Å². The van der Waals surface area contributed by atoms with E-state index in [0.29, 0.717) is 23.9 Å². The van der Waals surface area contributed by atoms with Crippen molar-refractivity contribution in [1.29, 1.82) is 0 Å². The Morgan fingerprint density at radius 1 is 1.32 bits per heavy atom. The van der Waals surface area contributed by atoms with Gasteiger partial charge in [-0.25, -0.2) is 4.98 Å². The lowest BCUT2D eigenvalue weighted by Gasteiger charge is -2.08. The number of methoxy groups -OCH3 is 1. The number of hydrogen-bond donors (Lipinski definition) is 1. The molecule has 0 amide bonds. The summed E-state index contributed by atoms with van der Waals surface area (Å²) in [4.78, 5) is 4.13. The molecule has 0 radical (unpaired) electrons. The van der Waals surface area contributed by atoms with Gasteiger partial charge in [0, 0.05) is 18.3 Å². The van der Waals surface area contributed by atoms with Crippen LogP contribution < -0.4 is 10.1 Å². The Balaban J connectivity index is 1.78. The largest absolute Gasteiger partial charge is 0.481 e. The van der Waals surface area contributed by atoms with Crippen molar-refractivity contribution < 1.29 is 4.74 Å². The van der Waals surface area contributed by atoms with E-state index in [9.17, 15) is 0 Å². The lowest BCUT2D eigenvalue weighted by Crippen LogP contribution is -2.06. The smallest absolute Gasteiger partial charge is 0.218 e. The molecule has 8 nitrogen and oxygen atoms in total. The number of nitrogens with one attached hydrogen (secondary N) is 1. The van der Waals surface area contributed by atoms with Crippen LogP contribution in [-0.2, 0) is 6.54 Å². The summed E-state index contributed by atoms with van der Waals surface area (Å²) in [6.07, 6.45) is 1.69. The second-order valence-electron chi connectivity index (χ2n) is 3.77. The molecule has 0 aromatic carbocycles. The average molecular weight is 257 g/mol. The van der Waals surface area contributed by atoms with Gasteiger partial charge in [-0.1, -0.05) is 6.07 Å². The minimum atomic E-state index is 0.553. The van der Waals surface area contributed by atoms with Crippen molar-refractivity contribution in [3.63, 3.8) is 0 Å². The first-order chi connectivity index (χ1) is 9.36. The van der Waals surface area contributed by atoms with Crippen LogP contribution in [0.1, 0.15) is 5.56 Å². The highest BCUT2D eigenvalue weighted by Gasteiger charge is 2.04. The Morgan fingerprint density at radius 2 is 2.26 bits per heavy atom. The Bertz CT molecular complexity index is 696. The number of rotatable bonds is 4. The maximum absolute atomic E-state index is 5.18. The number of aromatic nitrogens is 6. The number of pyridine rings is 1. The molecule has 8 heteroatoms. The van der Waals surface area contributed by atoms with Crippen molar-refractivity contribution in [2.75, 3.05) is 12.4 Å². The minimum absolute atomic E-state index is 0.553. The van der Waals surface area contributed by atoms with Crippen LogP contribution in [-0.4, -0.2) is 37.3 Å². The van der Waals surface area contributed by atoms with Crippen LogP contribution in [0.2, 0.25) is 0 Å². The van der Waals surface area contributed by atoms with E-state index < -0.39 is 0 Å². The molecule has 1 N–H and O–H groups in total. The van der Waals surface area contributed by atoms with Crippen molar-refractivity contribution in [2.24, 2.45) is 0 Å². The van der Waals surface area contributed by atoms with Gasteiger partial charge in [0.2, 0.25) is 5.88 Å². The van der Waals surface area contributed by atoms with Gasteiger partial charge in [0.25, 0.3) is 0 Å². The first kappa shape index (κ1) is 11.3. The predicted octanol–water partition coefficient (Wildman–Crippen LogP) is 0.535. The lowest BCUT2D eigenvalue weighted by molar-refractivity contribution is 0.393. The van der Waals surface area contributed by atoms with Crippen LogP contribution in [0.25, 0.3) is 5.65 Å². The Morgan fingerprint density at radius 3 is 3.16 bits per heavy atom. The average Bonchev–Trinajstić information content (AvgIpc) is 2.93. The third-order valence-corrected chi connectivity index (χ3v) is 2.57. The Hall–Kier alpha value is -2.77. The number of ether oxygens (including phenoxy) is 1. The van der Waals surface area contributed by atoms with E-state index in [1.54, 1.807) is 19.4 Å². The van der Waals surface area contributed by atoms with E-state index in [0.717, 1.165) is 5.56 Å². The van der Waals surface area contributed by atoms with E-state index in [2.05, 4.69) is 30.9 Å². The quantitative estimate of drug-likeness (QED) is 0.729. The molecule has 0 bridgehead atoms. The monoisotopic (exact) mass is 257 g/mol. The topological polar surface area (TPSA) is 90.1 Å². The van der Waals surface area contributed by atoms with E-state index in [4.69, 9.17) is 4.74 Å². The van der Waals surface area contributed by atoms with Crippen molar-refractivity contribution in [3.8, 4) is 5.88 Å². The van der Waals surface area contributed by atoms with E-state index in [1.807, 2.05) is 18.2 Å². The van der Waals surface area contributed by atoms with Gasteiger partial charge in [0.15, 0.2) is 5.65 Å². The number of anilines is 1. The van der Waals surface area contributed by atoms with Gasteiger partial charge in [-0.3, -0.25) is 0 Å². The fraction of sp³-hybridized carbons (Fsp3) is 0.182. The number of fused-ring (bicyclic) bond motifs is 1. The minimum Gasteiger partial charge on any atom is -0.481 e. The summed E-state index contributed by atoms with van der Waals surface area (Å²) in [7, 11) is 1.59. The molecule has 3 aromatic heterocycles. The number of tetrazole rings is 1. The maximum Gasteiger partial charge on any atom is 0.218 e. The number of nitrogens with zero attached hydrogens (tertiary/aromatic N) is 6. The summed E-state index contributed by atoms with van der Waals surface area (Å²) in [5.74, 6) is 1.27. The van der Waals surface area contributed by atoms with Crippen molar-refractivity contribution in [1.82, 2.24) is 30.2 Å². The van der Waals surface area contributed by atoms with Gasteiger partial charge < -0.3 is 10.1 Å². The number of hydrogen-bond acceptors (Lipinski definition) is 7. The van der Waals surface area contributed by atoms with E-state index in [-0.39, 0.29) is 0 Å². The highest BCUT2D eigenvalue weighted by atomic mass is 16.5. The summed E-state index contributed by atoms with van der Waals surface area (Å²) in [6, 6.07) is 7.40. The Kier molecular flexibility index (Phi) is 2.89. The zero-order chi connectivity index (χ0) is 13.1. The summed E-state index contributed by atoms with van der Waals surface area (Å²) in [6.45, 7) is 0.553. The summed E-state index contributed by atoms with van der Waals surface area (Å²) >= 11 is 0. The first-order valence-corrected chi connectivity index (χ1v) is 5.64. The van der Waals surface area contributed by atoms with Gasteiger partial charge in [0.05, 0.1) is 7.11 Å². The van der Waals surface area contributed by atoms with E-state index >= 15 is 0 Å². The molecular formula is C11H11N7O. The molecule has 0 aliphatic carbocycles. The van der Waals surface area contributed by atoms with Crippen molar-refractivity contribution in [2.45, 2.75) is 6.54 Å². The SMILES string of the molecule is COc1ncccc1CNc1ccc2nnnn2n1. The van der Waals surface area contributed by atoms with Gasteiger partial charge in [0.1, 0.15) is 5.82 Å². The van der Waals surface area contributed by atoms with Crippen LogP contribution in [0, 0.1) is 0 Å². The summed E-state index contributed by atoms with van der Waals surface area (Å²) in [5, 5.41) is 18.4. The van der Waals surface area contributed by atoms with Gasteiger partial charge in [-0.05, 0) is 28.6 Å². The molecule has 0 saturated heterocycles. The molecule has 0 aliphatic heterocycles. The molecule has 0 spiro atoms. The van der Waals surface area contributed by atoms with Crippen LogP contribution in [0.5, 0.6) is 5.88 Å². The highest BCUT2D eigenvalue weighted by molar-refractivity contribution is 5.43. The molecule has 3 aromatic rings. The third kappa shape index (κ3) is 2.28. The van der Waals surface area contributed by atoms with Gasteiger partial charge >= 0.3 is 0 Å². The zero-order valence-electron chi connectivity index (χ0n) is 10.2. The zero-order valence-corrected chi connectivity index (χ0v) is 10.2. The van der Waals surface area contributed by atoms with Gasteiger partial charge in [-0.2, -0.15) is 0 Å². The molecule has 0 atom stereocenters. The standard InChI is InChI=1S/C11H11N7O/c1-19-11-8(3-2-6-12-11)7-13-9-4-5-10-14-16-17-18(10)15-9/h2-6H,7H2,1H3,(H,13,15). The van der Waals surface area contributed by atoms with Crippen LogP contribution in [0.3, 0.4) is 0 Å². The molecule has 3 heterocycles. The molecule has 96 valence electrons. The third-order valence-electron chi connectivity index (χ3n) is 2.57. The van der Waals surface area contributed by atoms with Crippen molar-refractivity contribution in [3.05, 3.63) is 36.0 Å². The molecule has 0 saturated carbocycles. The fourth-order valence-corrected chi connectivity index (χ4v) is 1.67. The maximum atomic E-state index is 5.18.